The molecular formula is C13H25N7. The summed E-state index contributed by atoms with van der Waals surface area (Å²) in [5.74, 6) is 1.66. The molecule has 2 N–H and O–H groups in total. The van der Waals surface area contributed by atoms with Gasteiger partial charge in [0.05, 0.1) is 0 Å². The Balaban J connectivity index is 2.23. The van der Waals surface area contributed by atoms with E-state index in [2.05, 4.69) is 57.5 Å². The highest BCUT2D eigenvalue weighted by molar-refractivity contribution is 5.43. The molecule has 7 nitrogen and oxygen atoms in total. The van der Waals surface area contributed by atoms with Crippen LogP contribution in [0.15, 0.2) is 0 Å². The van der Waals surface area contributed by atoms with E-state index in [1.807, 2.05) is 0 Å². The number of hydrogen-bond donors (Lipinski definition) is 1. The quantitative estimate of drug-likeness (QED) is 0.857. The topological polar surface area (TPSA) is 74.4 Å². The van der Waals surface area contributed by atoms with Crippen LogP contribution in [0.1, 0.15) is 20.8 Å². The fourth-order valence-electron chi connectivity index (χ4n) is 2.39. The van der Waals surface area contributed by atoms with Gasteiger partial charge in [-0.25, -0.2) is 0 Å². The molecule has 1 saturated heterocycles. The first-order valence-electron chi connectivity index (χ1n) is 7.26. The molecule has 2 rings (SSSR count). The standard InChI is InChI=1S/C13H25N7/c1-5-19(6-2)12-15-11(14)16-13(17-12)20-8-7-18(4)10(3)9-20/h10H,5-9H2,1-4H3,(H2,14,15,16,17). The summed E-state index contributed by atoms with van der Waals surface area (Å²) < 4.78 is 0. The van der Waals surface area contributed by atoms with E-state index in [-0.39, 0.29) is 0 Å². The molecule has 1 unspecified atom stereocenters. The molecule has 1 aliphatic heterocycles. The van der Waals surface area contributed by atoms with Gasteiger partial charge in [-0.3, -0.25) is 0 Å². The fourth-order valence-corrected chi connectivity index (χ4v) is 2.39. The monoisotopic (exact) mass is 279 g/mol. The minimum absolute atomic E-state index is 0.295. The van der Waals surface area contributed by atoms with Gasteiger partial charge in [-0.05, 0) is 27.8 Å². The zero-order chi connectivity index (χ0) is 14.7. The molecule has 0 amide bonds. The normalized spacial score (nSPS) is 20.2. The van der Waals surface area contributed by atoms with Crippen molar-refractivity contribution in [2.45, 2.75) is 26.8 Å². The molecular weight excluding hydrogens is 254 g/mol. The maximum Gasteiger partial charge on any atom is 0.232 e. The Bertz CT molecular complexity index is 446. The van der Waals surface area contributed by atoms with Crippen LogP contribution in [0.3, 0.4) is 0 Å². The number of nitrogens with two attached hydrogens (primary N) is 1. The SMILES string of the molecule is CCN(CC)c1nc(N)nc(N2CCN(C)C(C)C2)n1. The summed E-state index contributed by atoms with van der Waals surface area (Å²) in [6.45, 7) is 10.9. The Hall–Kier alpha value is -1.63. The van der Waals surface area contributed by atoms with E-state index in [0.717, 1.165) is 32.7 Å². The van der Waals surface area contributed by atoms with E-state index in [1.165, 1.54) is 0 Å². The average Bonchev–Trinajstić information content (AvgIpc) is 2.42. The highest BCUT2D eigenvalue weighted by Gasteiger charge is 2.23. The average molecular weight is 279 g/mol. The summed E-state index contributed by atoms with van der Waals surface area (Å²) in [6.07, 6.45) is 0. The van der Waals surface area contributed by atoms with Crippen molar-refractivity contribution in [1.82, 2.24) is 19.9 Å². The van der Waals surface area contributed by atoms with Crippen LogP contribution in [0.4, 0.5) is 17.8 Å². The number of anilines is 3. The van der Waals surface area contributed by atoms with Crippen LogP contribution in [-0.2, 0) is 0 Å². The number of piperazine rings is 1. The number of nitrogens with zero attached hydrogens (tertiary/aromatic N) is 6. The third kappa shape index (κ3) is 3.09. The van der Waals surface area contributed by atoms with Crippen molar-refractivity contribution < 1.29 is 0 Å². The third-order valence-electron chi connectivity index (χ3n) is 3.92. The molecule has 0 radical (unpaired) electrons. The molecule has 0 aliphatic carbocycles. The smallest absolute Gasteiger partial charge is 0.232 e. The summed E-state index contributed by atoms with van der Waals surface area (Å²) in [5.41, 5.74) is 5.85. The maximum atomic E-state index is 5.85. The van der Waals surface area contributed by atoms with Crippen molar-refractivity contribution in [3.05, 3.63) is 0 Å². The highest BCUT2D eigenvalue weighted by atomic mass is 15.4. The first-order valence-corrected chi connectivity index (χ1v) is 7.26. The van der Waals surface area contributed by atoms with Gasteiger partial charge in [0, 0.05) is 38.8 Å². The van der Waals surface area contributed by atoms with E-state index in [4.69, 9.17) is 5.73 Å². The molecule has 0 aromatic carbocycles. The minimum atomic E-state index is 0.295. The second-order valence-electron chi connectivity index (χ2n) is 5.24. The van der Waals surface area contributed by atoms with E-state index < -0.39 is 0 Å². The Morgan fingerprint density at radius 1 is 1.20 bits per heavy atom. The van der Waals surface area contributed by atoms with Crippen molar-refractivity contribution in [3.8, 4) is 0 Å². The Kier molecular flexibility index (Phi) is 4.59. The van der Waals surface area contributed by atoms with Crippen LogP contribution in [0.25, 0.3) is 0 Å². The Labute approximate surface area is 120 Å². The Morgan fingerprint density at radius 2 is 1.90 bits per heavy atom. The zero-order valence-corrected chi connectivity index (χ0v) is 12.9. The van der Waals surface area contributed by atoms with Gasteiger partial charge in [-0.15, -0.1) is 0 Å². The molecule has 2 heterocycles. The molecule has 0 spiro atoms. The van der Waals surface area contributed by atoms with Crippen molar-refractivity contribution in [1.29, 1.82) is 0 Å². The van der Waals surface area contributed by atoms with E-state index in [1.54, 1.807) is 0 Å². The van der Waals surface area contributed by atoms with E-state index in [9.17, 15) is 0 Å². The lowest BCUT2D eigenvalue weighted by Crippen LogP contribution is -2.50. The molecule has 0 bridgehead atoms. The molecule has 1 aromatic rings. The lowest BCUT2D eigenvalue weighted by atomic mass is 10.2. The van der Waals surface area contributed by atoms with Gasteiger partial charge in [0.2, 0.25) is 17.8 Å². The Morgan fingerprint density at radius 3 is 2.50 bits per heavy atom. The molecule has 1 fully saturated rings. The highest BCUT2D eigenvalue weighted by Crippen LogP contribution is 2.18. The summed E-state index contributed by atoms with van der Waals surface area (Å²) in [6, 6.07) is 0.485. The van der Waals surface area contributed by atoms with Crippen molar-refractivity contribution in [2.24, 2.45) is 0 Å². The first kappa shape index (κ1) is 14.8. The number of rotatable bonds is 4. The molecule has 112 valence electrons. The number of hydrogen-bond acceptors (Lipinski definition) is 7. The lowest BCUT2D eigenvalue weighted by Gasteiger charge is -2.37. The molecule has 1 atom stereocenters. The largest absolute Gasteiger partial charge is 0.368 e. The minimum Gasteiger partial charge on any atom is -0.368 e. The zero-order valence-electron chi connectivity index (χ0n) is 12.9. The third-order valence-corrected chi connectivity index (χ3v) is 3.92. The van der Waals surface area contributed by atoms with Crippen molar-refractivity contribution in [3.63, 3.8) is 0 Å². The predicted molar refractivity (Wildman–Crippen MR) is 82.1 cm³/mol. The summed E-state index contributed by atoms with van der Waals surface area (Å²) in [7, 11) is 2.14. The predicted octanol–water partition coefficient (Wildman–Crippen LogP) is 0.440. The van der Waals surface area contributed by atoms with Crippen LogP contribution >= 0.6 is 0 Å². The van der Waals surface area contributed by atoms with Crippen LogP contribution < -0.4 is 15.5 Å². The molecule has 20 heavy (non-hydrogen) atoms. The van der Waals surface area contributed by atoms with Gasteiger partial charge in [-0.2, -0.15) is 15.0 Å². The van der Waals surface area contributed by atoms with Crippen LogP contribution in [0.2, 0.25) is 0 Å². The van der Waals surface area contributed by atoms with Crippen LogP contribution in [-0.4, -0.2) is 65.7 Å². The van der Waals surface area contributed by atoms with Crippen molar-refractivity contribution >= 4 is 17.8 Å². The fraction of sp³-hybridized carbons (Fsp3) is 0.769. The maximum absolute atomic E-state index is 5.85. The second-order valence-corrected chi connectivity index (χ2v) is 5.24. The summed E-state index contributed by atoms with van der Waals surface area (Å²) in [4.78, 5) is 19.8. The molecule has 0 saturated carbocycles. The van der Waals surface area contributed by atoms with Gasteiger partial charge in [0.25, 0.3) is 0 Å². The van der Waals surface area contributed by atoms with Crippen molar-refractivity contribution in [2.75, 3.05) is 55.3 Å². The summed E-state index contributed by atoms with van der Waals surface area (Å²) in [5, 5.41) is 0. The summed E-state index contributed by atoms with van der Waals surface area (Å²) >= 11 is 0. The van der Waals surface area contributed by atoms with Crippen LogP contribution in [0, 0.1) is 0 Å². The van der Waals surface area contributed by atoms with Gasteiger partial charge in [-0.1, -0.05) is 0 Å². The van der Waals surface area contributed by atoms with Gasteiger partial charge in [0.15, 0.2) is 0 Å². The van der Waals surface area contributed by atoms with E-state index in [0.29, 0.717) is 23.9 Å². The van der Waals surface area contributed by atoms with Gasteiger partial charge < -0.3 is 20.4 Å². The lowest BCUT2D eigenvalue weighted by molar-refractivity contribution is 0.233. The van der Waals surface area contributed by atoms with Gasteiger partial charge >= 0.3 is 0 Å². The number of nitrogen functional groups attached to an aromatic ring is 1. The van der Waals surface area contributed by atoms with E-state index >= 15 is 0 Å². The first-order chi connectivity index (χ1) is 9.55. The number of likely N-dealkylation sites (N-methyl/N-ethyl adjacent to an activating group) is 1. The van der Waals surface area contributed by atoms with Crippen LogP contribution in [0.5, 0.6) is 0 Å². The van der Waals surface area contributed by atoms with Gasteiger partial charge in [0.1, 0.15) is 0 Å². The molecule has 1 aromatic heterocycles. The molecule has 7 heteroatoms. The number of aromatic nitrogens is 3. The molecule has 1 aliphatic rings. The second kappa shape index (κ2) is 6.21.